The largest absolute Gasteiger partial charge is 0.467 e. The number of aryl methyl sites for hydroxylation is 1. The van der Waals surface area contributed by atoms with Gasteiger partial charge in [0.2, 0.25) is 0 Å². The van der Waals surface area contributed by atoms with Crippen molar-refractivity contribution in [3.8, 4) is 0 Å². The Bertz CT molecular complexity index is 652. The average Bonchev–Trinajstić information content (AvgIpc) is 3.01. The van der Waals surface area contributed by atoms with Crippen LogP contribution in [0.5, 0.6) is 0 Å². The van der Waals surface area contributed by atoms with Crippen LogP contribution in [0.25, 0.3) is 10.9 Å². The van der Waals surface area contributed by atoms with Crippen LogP contribution < -0.4 is 5.73 Å². The van der Waals surface area contributed by atoms with Crippen LogP contribution in [0.4, 0.5) is 0 Å². The Kier molecular flexibility index (Phi) is 2.68. The van der Waals surface area contributed by atoms with Crippen molar-refractivity contribution < 1.29 is 4.42 Å². The maximum atomic E-state index is 5.92. The fraction of sp³-hybridized carbons (Fsp3) is 0.200. The van der Waals surface area contributed by atoms with Crippen LogP contribution in [0.15, 0.2) is 53.3 Å². The van der Waals surface area contributed by atoms with Gasteiger partial charge in [-0.1, -0.05) is 18.2 Å². The number of aromatic nitrogens is 1. The standard InChI is InChI=1S/C15H16N2O/c1-11-10-17(13-6-3-2-5-12(11)13)14(9-16)15-7-4-8-18-15/h2-8,10,14H,9,16H2,1H3. The molecule has 0 aliphatic heterocycles. The van der Waals surface area contributed by atoms with Crippen molar-refractivity contribution in [2.45, 2.75) is 13.0 Å². The predicted octanol–water partition coefficient (Wildman–Crippen LogP) is 3.09. The fourth-order valence-corrected chi connectivity index (χ4v) is 2.49. The fourth-order valence-electron chi connectivity index (χ4n) is 2.49. The molecule has 2 heterocycles. The molecule has 0 amide bonds. The van der Waals surface area contributed by atoms with E-state index in [4.69, 9.17) is 10.2 Å². The van der Waals surface area contributed by atoms with Gasteiger partial charge in [0.05, 0.1) is 6.26 Å². The highest BCUT2D eigenvalue weighted by molar-refractivity contribution is 5.83. The van der Waals surface area contributed by atoms with Crippen molar-refractivity contribution in [3.63, 3.8) is 0 Å². The van der Waals surface area contributed by atoms with Gasteiger partial charge in [0.15, 0.2) is 0 Å². The van der Waals surface area contributed by atoms with E-state index in [9.17, 15) is 0 Å². The second kappa shape index (κ2) is 4.35. The van der Waals surface area contributed by atoms with E-state index in [1.165, 1.54) is 16.5 Å². The number of para-hydroxylation sites is 1. The Morgan fingerprint density at radius 3 is 2.78 bits per heavy atom. The summed E-state index contributed by atoms with van der Waals surface area (Å²) in [7, 11) is 0. The summed E-state index contributed by atoms with van der Waals surface area (Å²) in [6.45, 7) is 2.64. The Balaban J connectivity index is 2.19. The quantitative estimate of drug-likeness (QED) is 0.764. The molecule has 0 aliphatic carbocycles. The Labute approximate surface area is 106 Å². The highest BCUT2D eigenvalue weighted by atomic mass is 16.3. The van der Waals surface area contributed by atoms with E-state index in [1.54, 1.807) is 6.26 Å². The molecule has 0 aliphatic rings. The summed E-state index contributed by atoms with van der Waals surface area (Å²) >= 11 is 0. The lowest BCUT2D eigenvalue weighted by atomic mass is 10.2. The topological polar surface area (TPSA) is 44.1 Å². The Morgan fingerprint density at radius 2 is 2.06 bits per heavy atom. The number of fused-ring (bicyclic) bond motifs is 1. The van der Waals surface area contributed by atoms with Crippen LogP contribution in [-0.4, -0.2) is 11.1 Å². The third-order valence-corrected chi connectivity index (χ3v) is 3.37. The summed E-state index contributed by atoms with van der Waals surface area (Å²) < 4.78 is 7.70. The van der Waals surface area contributed by atoms with E-state index in [0.29, 0.717) is 6.54 Å². The first-order chi connectivity index (χ1) is 8.81. The minimum absolute atomic E-state index is 0.0543. The van der Waals surface area contributed by atoms with Gasteiger partial charge in [-0.05, 0) is 30.7 Å². The number of hydrogen-bond donors (Lipinski definition) is 1. The van der Waals surface area contributed by atoms with Gasteiger partial charge in [0.1, 0.15) is 11.8 Å². The van der Waals surface area contributed by atoms with Crippen LogP contribution >= 0.6 is 0 Å². The first-order valence-corrected chi connectivity index (χ1v) is 6.11. The molecule has 1 aromatic carbocycles. The number of hydrogen-bond acceptors (Lipinski definition) is 2. The lowest BCUT2D eigenvalue weighted by molar-refractivity contribution is 0.438. The summed E-state index contributed by atoms with van der Waals surface area (Å²) in [4.78, 5) is 0. The molecular weight excluding hydrogens is 224 g/mol. The van der Waals surface area contributed by atoms with Crippen LogP contribution in [0.1, 0.15) is 17.4 Å². The molecule has 3 heteroatoms. The van der Waals surface area contributed by atoms with Crippen LogP contribution in [-0.2, 0) is 0 Å². The van der Waals surface area contributed by atoms with Crippen LogP contribution in [0.3, 0.4) is 0 Å². The molecule has 1 atom stereocenters. The van der Waals surface area contributed by atoms with Gasteiger partial charge in [-0.15, -0.1) is 0 Å². The second-order valence-electron chi connectivity index (χ2n) is 4.50. The highest BCUT2D eigenvalue weighted by Crippen LogP contribution is 2.27. The Hall–Kier alpha value is -2.00. The molecule has 2 N–H and O–H groups in total. The molecule has 3 aromatic rings. The first-order valence-electron chi connectivity index (χ1n) is 6.11. The van der Waals surface area contributed by atoms with E-state index < -0.39 is 0 Å². The van der Waals surface area contributed by atoms with Gasteiger partial charge in [-0.2, -0.15) is 0 Å². The lowest BCUT2D eigenvalue weighted by Gasteiger charge is -2.15. The molecule has 2 aromatic heterocycles. The average molecular weight is 240 g/mol. The molecule has 18 heavy (non-hydrogen) atoms. The first kappa shape index (κ1) is 11.1. The maximum absolute atomic E-state index is 5.92. The molecule has 3 rings (SSSR count). The third kappa shape index (κ3) is 1.64. The monoisotopic (exact) mass is 240 g/mol. The summed E-state index contributed by atoms with van der Waals surface area (Å²) in [5.74, 6) is 0.901. The van der Waals surface area contributed by atoms with Crippen LogP contribution in [0.2, 0.25) is 0 Å². The number of rotatable bonds is 3. The summed E-state index contributed by atoms with van der Waals surface area (Å²) in [6.07, 6.45) is 3.83. The number of benzene rings is 1. The molecule has 0 bridgehead atoms. The van der Waals surface area contributed by atoms with Gasteiger partial charge in [-0.3, -0.25) is 0 Å². The molecule has 0 spiro atoms. The zero-order valence-corrected chi connectivity index (χ0v) is 10.3. The minimum Gasteiger partial charge on any atom is -0.467 e. The second-order valence-corrected chi connectivity index (χ2v) is 4.50. The van der Waals surface area contributed by atoms with E-state index in [0.717, 1.165) is 5.76 Å². The third-order valence-electron chi connectivity index (χ3n) is 3.37. The molecule has 0 fully saturated rings. The lowest BCUT2D eigenvalue weighted by Crippen LogP contribution is -2.19. The molecule has 0 radical (unpaired) electrons. The highest BCUT2D eigenvalue weighted by Gasteiger charge is 2.17. The number of nitrogens with zero attached hydrogens (tertiary/aromatic N) is 1. The minimum atomic E-state index is 0.0543. The van der Waals surface area contributed by atoms with Crippen molar-refractivity contribution in [1.29, 1.82) is 0 Å². The van der Waals surface area contributed by atoms with E-state index in [1.807, 2.05) is 18.2 Å². The smallest absolute Gasteiger partial charge is 0.127 e. The summed E-state index contributed by atoms with van der Waals surface area (Å²) in [5.41, 5.74) is 8.37. The van der Waals surface area contributed by atoms with Crippen molar-refractivity contribution in [2.24, 2.45) is 5.73 Å². The molecule has 92 valence electrons. The number of furan rings is 1. The van der Waals surface area contributed by atoms with Gasteiger partial charge < -0.3 is 14.7 Å². The predicted molar refractivity (Wildman–Crippen MR) is 72.6 cm³/mol. The van der Waals surface area contributed by atoms with Crippen molar-refractivity contribution >= 4 is 10.9 Å². The molecular formula is C15H16N2O. The Morgan fingerprint density at radius 1 is 1.22 bits per heavy atom. The van der Waals surface area contributed by atoms with Gasteiger partial charge in [-0.25, -0.2) is 0 Å². The maximum Gasteiger partial charge on any atom is 0.127 e. The molecule has 1 unspecified atom stereocenters. The zero-order chi connectivity index (χ0) is 12.5. The van der Waals surface area contributed by atoms with Gasteiger partial charge in [0, 0.05) is 23.6 Å². The summed E-state index contributed by atoms with van der Waals surface area (Å²) in [6, 6.07) is 12.3. The molecule has 3 nitrogen and oxygen atoms in total. The molecule has 0 saturated carbocycles. The van der Waals surface area contributed by atoms with Crippen molar-refractivity contribution in [2.75, 3.05) is 6.54 Å². The number of nitrogens with two attached hydrogens (primary N) is 1. The van der Waals surface area contributed by atoms with E-state index in [-0.39, 0.29) is 6.04 Å². The van der Waals surface area contributed by atoms with E-state index in [2.05, 4.69) is 35.9 Å². The molecule has 0 saturated heterocycles. The van der Waals surface area contributed by atoms with Gasteiger partial charge >= 0.3 is 0 Å². The van der Waals surface area contributed by atoms with Crippen molar-refractivity contribution in [3.05, 3.63) is 60.2 Å². The van der Waals surface area contributed by atoms with E-state index >= 15 is 0 Å². The van der Waals surface area contributed by atoms with Crippen LogP contribution in [0, 0.1) is 6.92 Å². The van der Waals surface area contributed by atoms with Gasteiger partial charge in [0.25, 0.3) is 0 Å². The van der Waals surface area contributed by atoms with Crippen molar-refractivity contribution in [1.82, 2.24) is 4.57 Å². The SMILES string of the molecule is Cc1cn(C(CN)c2ccco2)c2ccccc12. The normalized spacial score (nSPS) is 13.0. The zero-order valence-electron chi connectivity index (χ0n) is 10.3. The summed E-state index contributed by atoms with van der Waals surface area (Å²) in [5, 5.41) is 1.27.